The van der Waals surface area contributed by atoms with Crippen LogP contribution in [0.25, 0.3) is 10.9 Å². The summed E-state index contributed by atoms with van der Waals surface area (Å²) in [5.74, 6) is 1.57. The van der Waals surface area contributed by atoms with Crippen LogP contribution >= 0.6 is 0 Å². The van der Waals surface area contributed by atoms with Crippen molar-refractivity contribution >= 4 is 16.6 Å². The Bertz CT molecular complexity index is 841. The van der Waals surface area contributed by atoms with Crippen LogP contribution in [0.4, 0.5) is 5.69 Å². The first-order chi connectivity index (χ1) is 13.0. The highest BCUT2D eigenvalue weighted by atomic mass is 16.5. The van der Waals surface area contributed by atoms with Crippen LogP contribution in [-0.4, -0.2) is 48.8 Å². The van der Waals surface area contributed by atoms with Gasteiger partial charge in [0.25, 0.3) is 0 Å². The van der Waals surface area contributed by atoms with E-state index in [2.05, 4.69) is 37.1 Å². The van der Waals surface area contributed by atoms with E-state index in [1.54, 1.807) is 7.11 Å². The summed E-state index contributed by atoms with van der Waals surface area (Å²) >= 11 is 0. The molecule has 3 heterocycles. The van der Waals surface area contributed by atoms with Gasteiger partial charge in [0.2, 0.25) is 0 Å². The second-order valence-electron chi connectivity index (χ2n) is 8.51. The standard InChI is InChI=1S/C22H31N3O2/c1-15-17-14-22(2,3)24-21(17)16-12-19(26-4)20(13-18(16)23-15)27-11-7-10-25-8-5-6-9-25/h12-13,24H,5-11,14H2,1-4H3. The molecule has 0 spiro atoms. The first-order valence-corrected chi connectivity index (χ1v) is 10.1. The molecule has 146 valence electrons. The van der Waals surface area contributed by atoms with Gasteiger partial charge in [-0.1, -0.05) is 0 Å². The zero-order valence-corrected chi connectivity index (χ0v) is 17.0. The van der Waals surface area contributed by atoms with Crippen LogP contribution in [0.1, 0.15) is 44.4 Å². The van der Waals surface area contributed by atoms with Gasteiger partial charge in [0, 0.05) is 34.9 Å². The van der Waals surface area contributed by atoms with Gasteiger partial charge < -0.3 is 19.7 Å². The minimum atomic E-state index is 0.0566. The molecule has 2 aliphatic rings. The quantitative estimate of drug-likeness (QED) is 0.775. The van der Waals surface area contributed by atoms with E-state index in [1.807, 2.05) is 6.07 Å². The molecule has 0 unspecified atom stereocenters. The molecule has 5 nitrogen and oxygen atoms in total. The maximum Gasteiger partial charge on any atom is 0.163 e. The van der Waals surface area contributed by atoms with Gasteiger partial charge in [0.1, 0.15) is 0 Å². The maximum atomic E-state index is 6.08. The summed E-state index contributed by atoms with van der Waals surface area (Å²) < 4.78 is 11.7. The number of pyridine rings is 1. The molecule has 0 aliphatic carbocycles. The summed E-state index contributed by atoms with van der Waals surface area (Å²) in [7, 11) is 1.71. The lowest BCUT2D eigenvalue weighted by Gasteiger charge is -2.19. The van der Waals surface area contributed by atoms with E-state index < -0.39 is 0 Å². The first-order valence-electron chi connectivity index (χ1n) is 10.1. The molecule has 0 saturated carbocycles. The fourth-order valence-electron chi connectivity index (χ4n) is 4.37. The van der Waals surface area contributed by atoms with Crippen LogP contribution in [0.5, 0.6) is 11.5 Å². The summed E-state index contributed by atoms with van der Waals surface area (Å²) in [6.07, 6.45) is 4.70. The molecule has 0 amide bonds. The van der Waals surface area contributed by atoms with Crippen LogP contribution < -0.4 is 14.8 Å². The van der Waals surface area contributed by atoms with Gasteiger partial charge in [0.15, 0.2) is 11.5 Å². The van der Waals surface area contributed by atoms with Crippen LogP contribution in [0.2, 0.25) is 0 Å². The maximum absolute atomic E-state index is 6.08. The molecule has 0 radical (unpaired) electrons. The van der Waals surface area contributed by atoms with Crippen LogP contribution in [0, 0.1) is 6.92 Å². The molecule has 1 aromatic carbocycles. The molecule has 2 aromatic rings. The van der Waals surface area contributed by atoms with Crippen molar-refractivity contribution in [1.29, 1.82) is 0 Å². The summed E-state index contributed by atoms with van der Waals surface area (Å²) in [5.41, 5.74) is 4.63. The lowest BCUT2D eigenvalue weighted by molar-refractivity contribution is 0.254. The number of likely N-dealkylation sites (tertiary alicyclic amines) is 1. The molecule has 0 atom stereocenters. The highest BCUT2D eigenvalue weighted by Gasteiger charge is 2.31. The van der Waals surface area contributed by atoms with Gasteiger partial charge in [-0.25, -0.2) is 0 Å². The minimum Gasteiger partial charge on any atom is -0.493 e. The number of hydrogen-bond acceptors (Lipinski definition) is 5. The number of aromatic nitrogens is 1. The van der Waals surface area contributed by atoms with Gasteiger partial charge in [-0.3, -0.25) is 4.98 Å². The average molecular weight is 370 g/mol. The van der Waals surface area contributed by atoms with E-state index in [1.165, 1.54) is 37.2 Å². The third kappa shape index (κ3) is 3.70. The fourth-order valence-corrected chi connectivity index (χ4v) is 4.37. The zero-order chi connectivity index (χ0) is 19.0. The Labute approximate surface area is 162 Å². The van der Waals surface area contributed by atoms with Gasteiger partial charge >= 0.3 is 0 Å². The van der Waals surface area contributed by atoms with Crippen LogP contribution in [0.3, 0.4) is 0 Å². The topological polar surface area (TPSA) is 46.6 Å². The Morgan fingerprint density at radius 1 is 1.19 bits per heavy atom. The zero-order valence-electron chi connectivity index (χ0n) is 17.0. The van der Waals surface area contributed by atoms with E-state index in [-0.39, 0.29) is 5.54 Å². The number of benzene rings is 1. The molecule has 1 saturated heterocycles. The fraction of sp³-hybridized carbons (Fsp3) is 0.591. The highest BCUT2D eigenvalue weighted by molar-refractivity contribution is 5.97. The Hall–Kier alpha value is -2.01. The average Bonchev–Trinajstić information content (AvgIpc) is 3.25. The van der Waals surface area contributed by atoms with E-state index in [0.717, 1.165) is 47.5 Å². The number of fused-ring (bicyclic) bond motifs is 3. The number of anilines is 1. The summed E-state index contributed by atoms with van der Waals surface area (Å²) in [6, 6.07) is 4.11. The molecular weight excluding hydrogens is 338 g/mol. The van der Waals surface area contributed by atoms with E-state index in [4.69, 9.17) is 14.5 Å². The van der Waals surface area contributed by atoms with Crippen LogP contribution in [-0.2, 0) is 6.42 Å². The Balaban J connectivity index is 1.56. The van der Waals surface area contributed by atoms with Gasteiger partial charge in [0.05, 0.1) is 19.2 Å². The number of aryl methyl sites for hydroxylation is 1. The van der Waals surface area contributed by atoms with Crippen molar-refractivity contribution in [1.82, 2.24) is 9.88 Å². The van der Waals surface area contributed by atoms with Crippen molar-refractivity contribution in [2.45, 2.75) is 52.0 Å². The molecule has 1 fully saturated rings. The minimum absolute atomic E-state index is 0.0566. The predicted octanol–water partition coefficient (Wildman–Crippen LogP) is 4.16. The number of nitrogens with one attached hydrogen (secondary N) is 1. The summed E-state index contributed by atoms with van der Waals surface area (Å²) in [6.45, 7) is 10.8. The summed E-state index contributed by atoms with van der Waals surface area (Å²) in [4.78, 5) is 7.37. The Morgan fingerprint density at radius 2 is 1.96 bits per heavy atom. The van der Waals surface area contributed by atoms with Crippen molar-refractivity contribution in [2.75, 3.05) is 38.7 Å². The molecular formula is C22H31N3O2. The molecule has 2 aliphatic heterocycles. The third-order valence-corrected chi connectivity index (χ3v) is 5.74. The van der Waals surface area contributed by atoms with E-state index >= 15 is 0 Å². The largest absolute Gasteiger partial charge is 0.493 e. The van der Waals surface area contributed by atoms with Crippen molar-refractivity contribution < 1.29 is 9.47 Å². The summed E-state index contributed by atoms with van der Waals surface area (Å²) in [5, 5.41) is 4.78. The van der Waals surface area contributed by atoms with Crippen molar-refractivity contribution in [3.63, 3.8) is 0 Å². The SMILES string of the molecule is COc1cc2c3c(c(C)nc2cc1OCCCN1CCCC1)CC(C)(C)N3. The highest BCUT2D eigenvalue weighted by Crippen LogP contribution is 2.42. The smallest absolute Gasteiger partial charge is 0.163 e. The Kier molecular flexibility index (Phi) is 4.89. The lowest BCUT2D eigenvalue weighted by atomic mass is 9.99. The van der Waals surface area contributed by atoms with Crippen molar-refractivity contribution in [3.05, 3.63) is 23.4 Å². The molecule has 4 rings (SSSR count). The second-order valence-corrected chi connectivity index (χ2v) is 8.51. The van der Waals surface area contributed by atoms with E-state index in [9.17, 15) is 0 Å². The van der Waals surface area contributed by atoms with Gasteiger partial charge in [-0.05, 0) is 71.2 Å². The third-order valence-electron chi connectivity index (χ3n) is 5.74. The molecule has 1 aromatic heterocycles. The molecule has 1 N–H and O–H groups in total. The van der Waals surface area contributed by atoms with Crippen LogP contribution in [0.15, 0.2) is 12.1 Å². The monoisotopic (exact) mass is 369 g/mol. The number of nitrogens with zero attached hydrogens (tertiary/aromatic N) is 2. The van der Waals surface area contributed by atoms with Crippen molar-refractivity contribution in [2.24, 2.45) is 0 Å². The number of methoxy groups -OCH3 is 1. The lowest BCUT2D eigenvalue weighted by Crippen LogP contribution is -2.27. The second kappa shape index (κ2) is 7.19. The number of ether oxygens (including phenoxy) is 2. The molecule has 0 bridgehead atoms. The predicted molar refractivity (Wildman–Crippen MR) is 110 cm³/mol. The number of hydrogen-bond donors (Lipinski definition) is 1. The van der Waals surface area contributed by atoms with E-state index in [0.29, 0.717) is 6.61 Å². The number of rotatable bonds is 6. The van der Waals surface area contributed by atoms with Gasteiger partial charge in [-0.2, -0.15) is 0 Å². The molecule has 5 heteroatoms. The normalized spacial score (nSPS) is 18.5. The van der Waals surface area contributed by atoms with Gasteiger partial charge in [-0.15, -0.1) is 0 Å². The first kappa shape index (κ1) is 18.4. The Morgan fingerprint density at radius 3 is 2.70 bits per heavy atom. The van der Waals surface area contributed by atoms with Crippen molar-refractivity contribution in [3.8, 4) is 11.5 Å². The molecule has 27 heavy (non-hydrogen) atoms.